The van der Waals surface area contributed by atoms with Gasteiger partial charge in [-0.05, 0) is 73.5 Å². The van der Waals surface area contributed by atoms with Crippen LogP contribution in [0.5, 0.6) is 5.75 Å². The molecule has 0 atom stereocenters. The van der Waals surface area contributed by atoms with Crippen LogP contribution in [0.15, 0.2) is 65.6 Å². The number of thiazole rings is 1. The van der Waals surface area contributed by atoms with E-state index in [4.69, 9.17) is 4.74 Å². The Morgan fingerprint density at radius 3 is 2.41 bits per heavy atom. The predicted molar refractivity (Wildman–Crippen MR) is 127 cm³/mol. The normalized spacial score (nSPS) is 11.3. The lowest BCUT2D eigenvalue weighted by molar-refractivity contribution is 0.102. The molecule has 7 nitrogen and oxygen atoms in total. The third-order valence-electron chi connectivity index (χ3n) is 5.01. The van der Waals surface area contributed by atoms with Crippen LogP contribution < -0.4 is 14.8 Å². The van der Waals surface area contributed by atoms with E-state index in [1.807, 2.05) is 26.0 Å². The summed E-state index contributed by atoms with van der Waals surface area (Å²) in [5.41, 5.74) is 3.45. The van der Waals surface area contributed by atoms with Crippen LogP contribution in [-0.4, -0.2) is 26.4 Å². The number of nitrogens with zero attached hydrogens (tertiary/aromatic N) is 1. The highest BCUT2D eigenvalue weighted by Crippen LogP contribution is 2.29. The van der Waals surface area contributed by atoms with Gasteiger partial charge in [-0.25, -0.2) is 13.4 Å². The summed E-state index contributed by atoms with van der Waals surface area (Å²) in [7, 11) is -2.39. The number of aryl methyl sites for hydroxylation is 2. The zero-order valence-corrected chi connectivity index (χ0v) is 19.3. The maximum atomic E-state index is 13.0. The monoisotopic (exact) mass is 467 g/mol. The van der Waals surface area contributed by atoms with E-state index in [9.17, 15) is 13.2 Å². The number of aromatic nitrogens is 1. The van der Waals surface area contributed by atoms with Crippen LogP contribution in [0.3, 0.4) is 0 Å². The van der Waals surface area contributed by atoms with E-state index in [0.29, 0.717) is 10.9 Å². The fraction of sp³-hybridized carbons (Fsp3) is 0.130. The number of fused-ring (bicyclic) bond motifs is 1. The molecule has 4 aromatic rings. The molecular formula is C23H21N3O4S2. The van der Waals surface area contributed by atoms with Crippen molar-refractivity contribution in [1.29, 1.82) is 0 Å². The minimum absolute atomic E-state index is 0.0606. The molecule has 1 heterocycles. The van der Waals surface area contributed by atoms with Crippen molar-refractivity contribution in [2.75, 3.05) is 17.1 Å². The number of rotatable bonds is 6. The first-order chi connectivity index (χ1) is 15.3. The molecule has 0 spiro atoms. The van der Waals surface area contributed by atoms with Gasteiger partial charge in [0.25, 0.3) is 15.9 Å². The van der Waals surface area contributed by atoms with E-state index >= 15 is 0 Å². The molecule has 0 bridgehead atoms. The molecule has 0 saturated carbocycles. The Hall–Kier alpha value is -3.43. The summed E-state index contributed by atoms with van der Waals surface area (Å²) in [4.78, 5) is 17.5. The van der Waals surface area contributed by atoms with E-state index in [0.717, 1.165) is 21.3 Å². The van der Waals surface area contributed by atoms with Crippen molar-refractivity contribution in [3.63, 3.8) is 0 Å². The molecule has 9 heteroatoms. The summed E-state index contributed by atoms with van der Waals surface area (Å²) >= 11 is 1.37. The summed E-state index contributed by atoms with van der Waals surface area (Å²) in [5, 5.41) is 3.23. The zero-order chi connectivity index (χ0) is 22.9. The number of benzene rings is 3. The molecule has 1 amide bonds. The van der Waals surface area contributed by atoms with E-state index in [1.54, 1.807) is 36.4 Å². The maximum absolute atomic E-state index is 13.0. The van der Waals surface area contributed by atoms with Crippen LogP contribution in [0.1, 0.15) is 21.5 Å². The van der Waals surface area contributed by atoms with Gasteiger partial charge in [-0.1, -0.05) is 23.5 Å². The van der Waals surface area contributed by atoms with Crippen LogP contribution in [0.25, 0.3) is 10.2 Å². The van der Waals surface area contributed by atoms with Crippen molar-refractivity contribution in [1.82, 2.24) is 4.98 Å². The molecule has 0 saturated heterocycles. The van der Waals surface area contributed by atoms with Gasteiger partial charge in [0.05, 0.1) is 33.5 Å². The van der Waals surface area contributed by atoms with Gasteiger partial charge in [0.2, 0.25) is 0 Å². The number of hydrogen-bond donors (Lipinski definition) is 2. The SMILES string of the molecule is COc1ccc(S(=O)(=O)Nc2ccccc2C(=O)Nc2nc3cc(C)c(C)cc3s2)cc1. The van der Waals surface area contributed by atoms with E-state index in [1.165, 1.54) is 30.6 Å². The molecule has 0 fully saturated rings. The van der Waals surface area contributed by atoms with Crippen LogP contribution in [-0.2, 0) is 10.0 Å². The molecule has 2 N–H and O–H groups in total. The summed E-state index contributed by atoms with van der Waals surface area (Å²) in [6.07, 6.45) is 0. The number of anilines is 2. The van der Waals surface area contributed by atoms with Gasteiger partial charge in [-0.2, -0.15) is 0 Å². The van der Waals surface area contributed by atoms with Crippen LogP contribution in [0.2, 0.25) is 0 Å². The number of hydrogen-bond acceptors (Lipinski definition) is 6. The van der Waals surface area contributed by atoms with Crippen molar-refractivity contribution in [2.45, 2.75) is 18.7 Å². The number of methoxy groups -OCH3 is 1. The van der Waals surface area contributed by atoms with Crippen molar-refractivity contribution >= 4 is 48.3 Å². The van der Waals surface area contributed by atoms with E-state index in [-0.39, 0.29) is 16.1 Å². The molecular weight excluding hydrogens is 446 g/mol. The first kappa shape index (κ1) is 21.8. The molecule has 164 valence electrons. The second kappa shape index (κ2) is 8.60. The summed E-state index contributed by atoms with van der Waals surface area (Å²) in [5.74, 6) is 0.0930. The third kappa shape index (κ3) is 4.44. The second-order valence-electron chi connectivity index (χ2n) is 7.20. The van der Waals surface area contributed by atoms with E-state index < -0.39 is 15.9 Å². The van der Waals surface area contributed by atoms with Gasteiger partial charge in [-0.3, -0.25) is 14.8 Å². The number of carbonyl (C=O) groups is 1. The summed E-state index contributed by atoms with van der Waals surface area (Å²) in [6, 6.07) is 16.4. The quantitative estimate of drug-likeness (QED) is 0.417. The van der Waals surface area contributed by atoms with Gasteiger partial charge in [0, 0.05) is 0 Å². The lowest BCUT2D eigenvalue weighted by Gasteiger charge is -2.12. The van der Waals surface area contributed by atoms with Crippen molar-refractivity contribution in [2.24, 2.45) is 0 Å². The van der Waals surface area contributed by atoms with Gasteiger partial charge in [0.15, 0.2) is 5.13 Å². The number of carbonyl (C=O) groups excluding carboxylic acids is 1. The largest absolute Gasteiger partial charge is 0.497 e. The fourth-order valence-electron chi connectivity index (χ4n) is 3.13. The highest BCUT2D eigenvalue weighted by Gasteiger charge is 2.19. The number of nitrogens with one attached hydrogen (secondary N) is 2. The minimum atomic E-state index is -3.90. The van der Waals surface area contributed by atoms with Gasteiger partial charge in [0.1, 0.15) is 5.75 Å². The summed E-state index contributed by atoms with van der Waals surface area (Å²) < 4.78 is 34.2. The average Bonchev–Trinajstić information content (AvgIpc) is 3.14. The fourth-order valence-corrected chi connectivity index (χ4v) is 5.15. The van der Waals surface area contributed by atoms with Crippen LogP contribution in [0.4, 0.5) is 10.8 Å². The predicted octanol–water partition coefficient (Wildman–Crippen LogP) is 4.97. The highest BCUT2D eigenvalue weighted by molar-refractivity contribution is 7.92. The minimum Gasteiger partial charge on any atom is -0.497 e. The number of ether oxygens (including phenoxy) is 1. The average molecular weight is 468 g/mol. The highest BCUT2D eigenvalue weighted by atomic mass is 32.2. The molecule has 32 heavy (non-hydrogen) atoms. The van der Waals surface area contributed by atoms with E-state index in [2.05, 4.69) is 15.0 Å². The first-order valence-electron chi connectivity index (χ1n) is 9.72. The van der Waals surface area contributed by atoms with Crippen molar-refractivity contribution < 1.29 is 17.9 Å². The van der Waals surface area contributed by atoms with Gasteiger partial charge >= 0.3 is 0 Å². The Labute approximate surface area is 190 Å². The summed E-state index contributed by atoms with van der Waals surface area (Å²) in [6.45, 7) is 4.04. The number of sulfonamides is 1. The van der Waals surface area contributed by atoms with Crippen molar-refractivity contribution in [3.8, 4) is 5.75 Å². The maximum Gasteiger partial charge on any atom is 0.261 e. The third-order valence-corrected chi connectivity index (χ3v) is 7.33. The van der Waals surface area contributed by atoms with Gasteiger partial charge < -0.3 is 4.74 Å². The van der Waals surface area contributed by atoms with Gasteiger partial charge in [-0.15, -0.1) is 0 Å². The zero-order valence-electron chi connectivity index (χ0n) is 17.7. The standard InChI is InChI=1S/C23H21N3O4S2/c1-14-12-20-21(13-15(14)2)31-23(24-20)25-22(27)18-6-4-5-7-19(18)26-32(28,29)17-10-8-16(30-3)9-11-17/h4-13,26H,1-3H3,(H,24,25,27). The lowest BCUT2D eigenvalue weighted by Crippen LogP contribution is -2.18. The number of amides is 1. The van der Waals surface area contributed by atoms with Crippen LogP contribution in [0, 0.1) is 13.8 Å². The molecule has 4 rings (SSSR count). The second-order valence-corrected chi connectivity index (χ2v) is 9.92. The van der Waals surface area contributed by atoms with Crippen molar-refractivity contribution in [3.05, 3.63) is 77.4 Å². The Bertz CT molecular complexity index is 1370. The molecule has 1 aromatic heterocycles. The first-order valence-corrected chi connectivity index (χ1v) is 12.0. The molecule has 0 radical (unpaired) electrons. The molecule has 3 aromatic carbocycles. The topological polar surface area (TPSA) is 97.4 Å². The Kier molecular flexibility index (Phi) is 5.86. The Morgan fingerprint density at radius 2 is 1.69 bits per heavy atom. The molecule has 0 aliphatic rings. The number of para-hydroxylation sites is 1. The molecule has 0 aliphatic carbocycles. The smallest absolute Gasteiger partial charge is 0.261 e. The molecule has 0 unspecified atom stereocenters. The lowest BCUT2D eigenvalue weighted by atomic mass is 10.1. The Morgan fingerprint density at radius 1 is 1.00 bits per heavy atom. The molecule has 0 aliphatic heterocycles. The van der Waals surface area contributed by atoms with Crippen LogP contribution >= 0.6 is 11.3 Å². The Balaban J connectivity index is 1.59.